The summed E-state index contributed by atoms with van der Waals surface area (Å²) < 4.78 is 7.23. The molecule has 0 radical (unpaired) electrons. The lowest BCUT2D eigenvalue weighted by Crippen LogP contribution is -2.46. The maximum absolute atomic E-state index is 12.9. The number of nitrogens with one attached hydrogen (secondary N) is 1. The summed E-state index contributed by atoms with van der Waals surface area (Å²) in [6, 6.07) is 7.97. The topological polar surface area (TPSA) is 69.0 Å². The zero-order valence-electron chi connectivity index (χ0n) is 18.3. The third-order valence-corrected chi connectivity index (χ3v) is 7.14. The summed E-state index contributed by atoms with van der Waals surface area (Å²) in [6.45, 7) is 10.9. The molecule has 6 nitrogen and oxygen atoms in total. The van der Waals surface area contributed by atoms with Crippen LogP contribution in [0.4, 0.5) is 0 Å². The molecule has 1 aromatic carbocycles. The molecule has 0 aliphatic heterocycles. The van der Waals surface area contributed by atoms with E-state index in [-0.39, 0.29) is 17.2 Å². The molecule has 0 unspecified atom stereocenters. The Bertz CT molecular complexity index is 865. The first-order chi connectivity index (χ1) is 14.4. The Morgan fingerprint density at radius 3 is 2.73 bits per heavy atom. The molecule has 1 heterocycles. The van der Waals surface area contributed by atoms with E-state index in [1.54, 1.807) is 7.11 Å². The van der Waals surface area contributed by atoms with Gasteiger partial charge in [-0.1, -0.05) is 44.5 Å². The second kappa shape index (κ2) is 10.2. The average molecular weight is 429 g/mol. The number of thioether (sulfide) groups is 1. The first-order valence-corrected chi connectivity index (χ1v) is 11.5. The lowest BCUT2D eigenvalue weighted by atomic mass is 9.78. The van der Waals surface area contributed by atoms with E-state index in [0.29, 0.717) is 23.5 Å². The van der Waals surface area contributed by atoms with Crippen LogP contribution in [-0.4, -0.2) is 39.1 Å². The van der Waals surface area contributed by atoms with Crippen molar-refractivity contribution >= 4 is 17.7 Å². The number of amides is 1. The molecule has 1 aliphatic carbocycles. The molecular formula is C23H32N4O2S. The van der Waals surface area contributed by atoms with Crippen molar-refractivity contribution in [2.24, 2.45) is 11.8 Å². The Labute approximate surface area is 183 Å². The van der Waals surface area contributed by atoms with Crippen LogP contribution in [0.1, 0.15) is 40.0 Å². The number of ether oxygens (including phenoxy) is 1. The van der Waals surface area contributed by atoms with Gasteiger partial charge < -0.3 is 10.1 Å². The van der Waals surface area contributed by atoms with Gasteiger partial charge in [0, 0.05) is 18.2 Å². The normalized spacial score (nSPS) is 22.3. The number of hydrogen-bond donors (Lipinski definition) is 1. The smallest absolute Gasteiger partial charge is 0.233 e. The molecule has 3 rings (SSSR count). The summed E-state index contributed by atoms with van der Waals surface area (Å²) >= 11 is 1.44. The van der Waals surface area contributed by atoms with Crippen LogP contribution in [0, 0.1) is 11.8 Å². The summed E-state index contributed by atoms with van der Waals surface area (Å²) in [4.78, 5) is 12.9. The Balaban J connectivity index is 1.72. The minimum absolute atomic E-state index is 0.0603. The number of benzene rings is 1. The fourth-order valence-corrected chi connectivity index (χ4v) is 4.79. The highest BCUT2D eigenvalue weighted by atomic mass is 32.2. The standard InChI is InChI=1S/C23H32N4O2S/c1-6-14-27-21(18-10-12-19(29-5)13-11-18)25-26-23(27)30-17(4)22(28)24-20-9-7-8-15(2)16(20)3/h6,10-13,15-17,20H,1,7-9,14H2,2-5H3,(H,24,28)/t15-,16+,17+,20-/m0/s1. The van der Waals surface area contributed by atoms with Gasteiger partial charge in [-0.2, -0.15) is 0 Å². The second-order valence-electron chi connectivity index (χ2n) is 8.08. The molecule has 1 saturated carbocycles. The highest BCUT2D eigenvalue weighted by molar-refractivity contribution is 8.00. The third kappa shape index (κ3) is 5.06. The molecular weight excluding hydrogens is 396 g/mol. The number of carbonyl (C=O) groups is 1. The number of nitrogens with zero attached hydrogens (tertiary/aromatic N) is 3. The molecule has 0 saturated heterocycles. The number of aromatic nitrogens is 3. The van der Waals surface area contributed by atoms with Crippen molar-refractivity contribution in [2.45, 2.75) is 63.0 Å². The van der Waals surface area contributed by atoms with E-state index in [2.05, 4.69) is 35.9 Å². The number of carbonyl (C=O) groups excluding carboxylic acids is 1. The van der Waals surface area contributed by atoms with E-state index < -0.39 is 0 Å². The van der Waals surface area contributed by atoms with Crippen LogP contribution in [-0.2, 0) is 11.3 Å². The monoisotopic (exact) mass is 428 g/mol. The second-order valence-corrected chi connectivity index (χ2v) is 9.38. The predicted octanol–water partition coefficient (Wildman–Crippen LogP) is 4.56. The third-order valence-electron chi connectivity index (χ3n) is 6.06. The molecule has 1 N–H and O–H groups in total. The Hall–Kier alpha value is -2.28. The molecule has 1 amide bonds. The van der Waals surface area contributed by atoms with Gasteiger partial charge in [-0.25, -0.2) is 0 Å². The number of allylic oxidation sites excluding steroid dienone is 1. The molecule has 4 atom stereocenters. The SMILES string of the molecule is C=CCn1c(S[C@H](C)C(=O)N[C@H]2CCC[C@H](C)[C@H]2C)nnc1-c1ccc(OC)cc1. The van der Waals surface area contributed by atoms with Crippen molar-refractivity contribution < 1.29 is 9.53 Å². The predicted molar refractivity (Wildman–Crippen MR) is 122 cm³/mol. The highest BCUT2D eigenvalue weighted by Gasteiger charge is 2.30. The molecule has 30 heavy (non-hydrogen) atoms. The van der Waals surface area contributed by atoms with E-state index in [4.69, 9.17) is 4.74 Å². The maximum Gasteiger partial charge on any atom is 0.233 e. The van der Waals surface area contributed by atoms with Gasteiger partial charge >= 0.3 is 0 Å². The lowest BCUT2D eigenvalue weighted by Gasteiger charge is -2.35. The van der Waals surface area contributed by atoms with Crippen LogP contribution in [0.25, 0.3) is 11.4 Å². The minimum Gasteiger partial charge on any atom is -0.497 e. The Morgan fingerprint density at radius 1 is 1.33 bits per heavy atom. The maximum atomic E-state index is 12.9. The van der Waals surface area contributed by atoms with Crippen LogP contribution in [0.5, 0.6) is 5.75 Å². The molecule has 0 spiro atoms. The van der Waals surface area contributed by atoms with Crippen LogP contribution in [0.3, 0.4) is 0 Å². The van der Waals surface area contributed by atoms with E-state index in [0.717, 1.165) is 23.6 Å². The summed E-state index contributed by atoms with van der Waals surface area (Å²) in [5.74, 6) is 2.76. The summed E-state index contributed by atoms with van der Waals surface area (Å²) in [5, 5.41) is 12.5. The van der Waals surface area contributed by atoms with E-state index in [1.165, 1.54) is 24.6 Å². The van der Waals surface area contributed by atoms with E-state index >= 15 is 0 Å². The van der Waals surface area contributed by atoms with Gasteiger partial charge in [0.15, 0.2) is 11.0 Å². The van der Waals surface area contributed by atoms with Crippen LogP contribution in [0.2, 0.25) is 0 Å². The van der Waals surface area contributed by atoms with Crippen LogP contribution >= 0.6 is 11.8 Å². The van der Waals surface area contributed by atoms with Gasteiger partial charge in [0.05, 0.1) is 12.4 Å². The minimum atomic E-state index is -0.258. The molecule has 1 aromatic heterocycles. The van der Waals surface area contributed by atoms with Gasteiger partial charge in [0.25, 0.3) is 0 Å². The van der Waals surface area contributed by atoms with Crippen molar-refractivity contribution in [3.8, 4) is 17.1 Å². The summed E-state index contributed by atoms with van der Waals surface area (Å²) in [7, 11) is 1.64. The van der Waals surface area contributed by atoms with Gasteiger partial charge in [-0.15, -0.1) is 16.8 Å². The van der Waals surface area contributed by atoms with Crippen molar-refractivity contribution in [2.75, 3.05) is 7.11 Å². The van der Waals surface area contributed by atoms with Crippen molar-refractivity contribution in [3.63, 3.8) is 0 Å². The quantitative estimate of drug-likeness (QED) is 0.493. The van der Waals surface area contributed by atoms with Gasteiger partial charge in [-0.05, 0) is 49.4 Å². The molecule has 162 valence electrons. The van der Waals surface area contributed by atoms with Crippen LogP contribution in [0.15, 0.2) is 42.1 Å². The Kier molecular flexibility index (Phi) is 7.58. The average Bonchev–Trinajstić information content (AvgIpc) is 3.14. The first-order valence-electron chi connectivity index (χ1n) is 10.6. The highest BCUT2D eigenvalue weighted by Crippen LogP contribution is 2.31. The van der Waals surface area contributed by atoms with Crippen molar-refractivity contribution in [3.05, 3.63) is 36.9 Å². The lowest BCUT2D eigenvalue weighted by molar-refractivity contribution is -0.121. The van der Waals surface area contributed by atoms with Gasteiger partial charge in [0.1, 0.15) is 5.75 Å². The molecule has 1 fully saturated rings. The fourth-order valence-electron chi connectivity index (χ4n) is 3.92. The zero-order valence-corrected chi connectivity index (χ0v) is 19.1. The number of rotatable bonds is 8. The molecule has 2 aromatic rings. The first kappa shape index (κ1) is 22.4. The van der Waals surface area contributed by atoms with Crippen molar-refractivity contribution in [1.82, 2.24) is 20.1 Å². The van der Waals surface area contributed by atoms with Gasteiger partial charge in [0.2, 0.25) is 5.91 Å². The molecule has 0 bridgehead atoms. The fraction of sp³-hybridized carbons (Fsp3) is 0.522. The number of methoxy groups -OCH3 is 1. The van der Waals surface area contributed by atoms with Crippen molar-refractivity contribution in [1.29, 1.82) is 0 Å². The van der Waals surface area contributed by atoms with Gasteiger partial charge in [-0.3, -0.25) is 9.36 Å². The van der Waals surface area contributed by atoms with E-state index in [9.17, 15) is 4.79 Å². The van der Waals surface area contributed by atoms with Crippen LogP contribution < -0.4 is 10.1 Å². The van der Waals surface area contributed by atoms with E-state index in [1.807, 2.05) is 41.8 Å². The zero-order chi connectivity index (χ0) is 21.7. The molecule has 1 aliphatic rings. The molecule has 7 heteroatoms. The summed E-state index contributed by atoms with van der Waals surface area (Å²) in [5.41, 5.74) is 0.944. The number of hydrogen-bond acceptors (Lipinski definition) is 5. The Morgan fingerprint density at radius 2 is 2.07 bits per heavy atom. The summed E-state index contributed by atoms with van der Waals surface area (Å²) in [6.07, 6.45) is 5.30. The largest absolute Gasteiger partial charge is 0.497 e.